The van der Waals surface area contributed by atoms with Crippen LogP contribution in [-0.2, 0) is 24.0 Å². The van der Waals surface area contributed by atoms with E-state index < -0.39 is 60.2 Å². The van der Waals surface area contributed by atoms with Gasteiger partial charge in [-0.25, -0.2) is 4.79 Å². The maximum Gasteiger partial charge on any atom is 0.326 e. The number of unbranched alkanes of at least 4 members (excludes halogenated alkanes) is 1. The number of nitrogens with one attached hydrogen (secondary N) is 2. The molecule has 0 aromatic heterocycles. The van der Waals surface area contributed by atoms with Crippen LogP contribution in [0.5, 0.6) is 0 Å². The zero-order valence-corrected chi connectivity index (χ0v) is 19.3. The molecule has 5 unspecified atom stereocenters. The topological polar surface area (TPSA) is 205 Å². The van der Waals surface area contributed by atoms with Crippen LogP contribution < -0.4 is 22.1 Å². The van der Waals surface area contributed by atoms with Gasteiger partial charge < -0.3 is 37.2 Å². The van der Waals surface area contributed by atoms with E-state index in [1.165, 1.54) is 4.90 Å². The minimum Gasteiger partial charge on any atom is -0.481 e. The molecule has 1 rings (SSSR count). The first kappa shape index (κ1) is 28.3. The summed E-state index contributed by atoms with van der Waals surface area (Å²) in [5.74, 6) is -4.84. The Morgan fingerprint density at radius 1 is 1.09 bits per heavy atom. The summed E-state index contributed by atoms with van der Waals surface area (Å²) >= 11 is 0. The summed E-state index contributed by atoms with van der Waals surface area (Å²) in [5, 5.41) is 23.5. The number of amides is 3. The van der Waals surface area contributed by atoms with Gasteiger partial charge in [0.25, 0.3) is 0 Å². The number of hydrogen-bond donors (Lipinski definition) is 6. The second-order valence-corrected chi connectivity index (χ2v) is 8.45. The van der Waals surface area contributed by atoms with Gasteiger partial charge in [-0.05, 0) is 38.1 Å². The third-order valence-corrected chi connectivity index (χ3v) is 5.92. The molecule has 1 fully saturated rings. The zero-order chi connectivity index (χ0) is 25.1. The summed E-state index contributed by atoms with van der Waals surface area (Å²) in [6.45, 7) is 4.24. The normalized spacial score (nSPS) is 19.3. The number of carboxylic acid groups (broad SMARTS) is 2. The van der Waals surface area contributed by atoms with Gasteiger partial charge in [0.1, 0.15) is 18.1 Å². The van der Waals surface area contributed by atoms with E-state index in [1.807, 2.05) is 6.92 Å². The summed E-state index contributed by atoms with van der Waals surface area (Å²) < 4.78 is 0. The molecule has 8 N–H and O–H groups in total. The predicted molar refractivity (Wildman–Crippen MR) is 119 cm³/mol. The highest BCUT2D eigenvalue weighted by Crippen LogP contribution is 2.21. The monoisotopic (exact) mass is 471 g/mol. The Hall–Kier alpha value is -2.73. The molecular weight excluding hydrogens is 434 g/mol. The molecular formula is C21H37N5O7. The van der Waals surface area contributed by atoms with Gasteiger partial charge in [-0.1, -0.05) is 26.7 Å². The summed E-state index contributed by atoms with van der Waals surface area (Å²) in [6, 6.07) is -4.41. The van der Waals surface area contributed by atoms with E-state index in [9.17, 15) is 34.2 Å². The van der Waals surface area contributed by atoms with Crippen molar-refractivity contribution in [1.29, 1.82) is 0 Å². The molecule has 0 spiro atoms. The molecule has 5 atom stereocenters. The summed E-state index contributed by atoms with van der Waals surface area (Å²) in [7, 11) is 0. The van der Waals surface area contributed by atoms with E-state index in [0.29, 0.717) is 45.1 Å². The van der Waals surface area contributed by atoms with E-state index in [-0.39, 0.29) is 12.5 Å². The lowest BCUT2D eigenvalue weighted by Gasteiger charge is -2.31. The molecule has 1 aliphatic heterocycles. The zero-order valence-electron chi connectivity index (χ0n) is 19.3. The van der Waals surface area contributed by atoms with Crippen molar-refractivity contribution >= 4 is 29.7 Å². The molecule has 3 amide bonds. The molecule has 1 aliphatic rings. The predicted octanol–water partition coefficient (Wildman–Crippen LogP) is -0.991. The van der Waals surface area contributed by atoms with Crippen molar-refractivity contribution in [3.63, 3.8) is 0 Å². The molecule has 0 aromatic carbocycles. The Labute approximate surface area is 193 Å². The number of carboxylic acids is 2. The number of likely N-dealkylation sites (tertiary alicyclic amines) is 1. The van der Waals surface area contributed by atoms with E-state index in [0.717, 1.165) is 0 Å². The van der Waals surface area contributed by atoms with Gasteiger partial charge in [0.15, 0.2) is 0 Å². The van der Waals surface area contributed by atoms with Crippen molar-refractivity contribution in [3.8, 4) is 0 Å². The number of rotatable bonds is 14. The van der Waals surface area contributed by atoms with Crippen LogP contribution in [0.15, 0.2) is 0 Å². The van der Waals surface area contributed by atoms with Crippen molar-refractivity contribution in [2.75, 3.05) is 13.1 Å². The molecule has 1 heterocycles. The van der Waals surface area contributed by atoms with Crippen LogP contribution in [0, 0.1) is 5.92 Å². The first-order chi connectivity index (χ1) is 15.5. The molecule has 1 saturated heterocycles. The standard InChI is InChI=1S/C21H37N5O7/c1-3-12(2)17(20(31)26-10-6-8-15(26)21(32)33)25-19(30)14(11-16(27)28)24-18(29)13(23)7-4-5-9-22/h12-15,17H,3-11,22-23H2,1-2H3,(H,24,29)(H,25,30)(H,27,28)(H,32,33). The third-order valence-electron chi connectivity index (χ3n) is 5.92. The highest BCUT2D eigenvalue weighted by atomic mass is 16.4. The molecule has 188 valence electrons. The molecule has 12 nitrogen and oxygen atoms in total. The van der Waals surface area contributed by atoms with Crippen LogP contribution in [0.3, 0.4) is 0 Å². The fourth-order valence-corrected chi connectivity index (χ4v) is 3.71. The minimum absolute atomic E-state index is 0.256. The third kappa shape index (κ3) is 8.61. The quantitative estimate of drug-likeness (QED) is 0.172. The summed E-state index contributed by atoms with van der Waals surface area (Å²) in [4.78, 5) is 62.5. The van der Waals surface area contributed by atoms with Crippen molar-refractivity contribution in [2.24, 2.45) is 17.4 Å². The van der Waals surface area contributed by atoms with Crippen LogP contribution in [-0.4, -0.2) is 82.0 Å². The number of aliphatic carboxylic acids is 2. The van der Waals surface area contributed by atoms with Crippen LogP contribution in [0.4, 0.5) is 0 Å². The van der Waals surface area contributed by atoms with Gasteiger partial charge in [-0.2, -0.15) is 0 Å². The molecule has 0 aliphatic carbocycles. The van der Waals surface area contributed by atoms with Crippen LogP contribution >= 0.6 is 0 Å². The maximum absolute atomic E-state index is 13.1. The van der Waals surface area contributed by atoms with Gasteiger partial charge in [-0.15, -0.1) is 0 Å². The Kier molecular flexibility index (Phi) is 11.8. The largest absolute Gasteiger partial charge is 0.481 e. The SMILES string of the molecule is CCC(C)C(NC(=O)C(CC(=O)O)NC(=O)C(N)CCCCN)C(=O)N1CCCC1C(=O)O. The molecule has 33 heavy (non-hydrogen) atoms. The fraction of sp³-hybridized carbons (Fsp3) is 0.762. The fourth-order valence-electron chi connectivity index (χ4n) is 3.71. The van der Waals surface area contributed by atoms with Crippen LogP contribution in [0.2, 0.25) is 0 Å². The van der Waals surface area contributed by atoms with Crippen LogP contribution in [0.1, 0.15) is 58.8 Å². The first-order valence-corrected chi connectivity index (χ1v) is 11.3. The maximum atomic E-state index is 13.1. The van der Waals surface area contributed by atoms with Crippen LogP contribution in [0.25, 0.3) is 0 Å². The molecule has 12 heteroatoms. The lowest BCUT2D eigenvalue weighted by molar-refractivity contribution is -0.150. The Morgan fingerprint density at radius 3 is 2.30 bits per heavy atom. The van der Waals surface area contributed by atoms with Crippen molar-refractivity contribution in [1.82, 2.24) is 15.5 Å². The lowest BCUT2D eigenvalue weighted by atomic mass is 9.96. The van der Waals surface area contributed by atoms with Crippen molar-refractivity contribution < 1.29 is 34.2 Å². The lowest BCUT2D eigenvalue weighted by Crippen LogP contribution is -2.59. The molecule has 0 saturated carbocycles. The Morgan fingerprint density at radius 2 is 1.76 bits per heavy atom. The minimum atomic E-state index is -1.44. The number of nitrogens with zero attached hydrogens (tertiary/aromatic N) is 1. The number of hydrogen-bond acceptors (Lipinski definition) is 7. The first-order valence-electron chi connectivity index (χ1n) is 11.3. The Bertz CT molecular complexity index is 717. The highest BCUT2D eigenvalue weighted by molar-refractivity contribution is 5.95. The summed E-state index contributed by atoms with van der Waals surface area (Å²) in [5.41, 5.74) is 11.3. The highest BCUT2D eigenvalue weighted by Gasteiger charge is 2.40. The van der Waals surface area contributed by atoms with E-state index in [2.05, 4.69) is 10.6 Å². The van der Waals surface area contributed by atoms with E-state index in [4.69, 9.17) is 11.5 Å². The second-order valence-electron chi connectivity index (χ2n) is 8.45. The van der Waals surface area contributed by atoms with Gasteiger partial charge in [-0.3, -0.25) is 19.2 Å². The summed E-state index contributed by atoms with van der Waals surface area (Å²) in [6.07, 6.45) is 2.26. The van der Waals surface area contributed by atoms with E-state index >= 15 is 0 Å². The number of nitrogens with two attached hydrogens (primary N) is 2. The van der Waals surface area contributed by atoms with Gasteiger partial charge in [0, 0.05) is 6.54 Å². The van der Waals surface area contributed by atoms with Gasteiger partial charge >= 0.3 is 11.9 Å². The smallest absolute Gasteiger partial charge is 0.326 e. The van der Waals surface area contributed by atoms with Crippen molar-refractivity contribution in [2.45, 2.75) is 83.0 Å². The van der Waals surface area contributed by atoms with Gasteiger partial charge in [0.05, 0.1) is 12.5 Å². The average molecular weight is 472 g/mol. The molecule has 0 aromatic rings. The second kappa shape index (κ2) is 13.7. The number of carbonyl (C=O) groups is 5. The Balaban J connectivity index is 2.97. The van der Waals surface area contributed by atoms with E-state index in [1.54, 1.807) is 6.92 Å². The molecule has 0 radical (unpaired) electrons. The van der Waals surface area contributed by atoms with Gasteiger partial charge in [0.2, 0.25) is 17.7 Å². The van der Waals surface area contributed by atoms with Crippen molar-refractivity contribution in [3.05, 3.63) is 0 Å². The number of carbonyl (C=O) groups excluding carboxylic acids is 3. The average Bonchev–Trinajstić information content (AvgIpc) is 3.25. The molecule has 0 bridgehead atoms.